The molecule has 0 aliphatic carbocycles. The van der Waals surface area contributed by atoms with Gasteiger partial charge >= 0.3 is 0 Å². The fourth-order valence-electron chi connectivity index (χ4n) is 1.82. The van der Waals surface area contributed by atoms with Crippen molar-refractivity contribution in [2.75, 3.05) is 18.2 Å². The summed E-state index contributed by atoms with van der Waals surface area (Å²) in [6.45, 7) is 1.90. The van der Waals surface area contributed by atoms with Crippen LogP contribution in [0.25, 0.3) is 0 Å². The van der Waals surface area contributed by atoms with E-state index >= 15 is 0 Å². The molecule has 0 aliphatic rings. The minimum Gasteiger partial charge on any atom is -0.496 e. The van der Waals surface area contributed by atoms with Crippen LogP contribution in [0.3, 0.4) is 0 Å². The van der Waals surface area contributed by atoms with E-state index in [1.807, 2.05) is 25.1 Å². The number of benzene rings is 2. The van der Waals surface area contributed by atoms with Crippen LogP contribution in [0.5, 0.6) is 5.75 Å². The smallest absolute Gasteiger partial charge is 0.255 e. The number of methoxy groups -OCH3 is 1. The van der Waals surface area contributed by atoms with Gasteiger partial charge in [-0.05, 0) is 30.7 Å². The Morgan fingerprint density at radius 3 is 2.53 bits per heavy atom. The average Bonchev–Trinajstić information content (AvgIpc) is 2.42. The lowest BCUT2D eigenvalue weighted by atomic mass is 10.1. The van der Waals surface area contributed by atoms with Crippen molar-refractivity contribution < 1.29 is 9.53 Å². The number of nitrogen functional groups attached to an aromatic ring is 1. The molecule has 0 unspecified atom stereocenters. The van der Waals surface area contributed by atoms with Crippen molar-refractivity contribution in [3.8, 4) is 5.75 Å². The number of aryl methyl sites for hydroxylation is 1. The molecule has 19 heavy (non-hydrogen) atoms. The van der Waals surface area contributed by atoms with Crippen LogP contribution < -0.4 is 15.8 Å². The molecule has 4 nitrogen and oxygen atoms in total. The number of nitrogens with one attached hydrogen (secondary N) is 1. The van der Waals surface area contributed by atoms with Crippen LogP contribution in [0.2, 0.25) is 0 Å². The van der Waals surface area contributed by atoms with E-state index < -0.39 is 0 Å². The van der Waals surface area contributed by atoms with Gasteiger partial charge in [0, 0.05) is 11.6 Å². The number of nitrogens with two attached hydrogens (primary N) is 1. The molecule has 0 spiro atoms. The van der Waals surface area contributed by atoms with E-state index in [-0.39, 0.29) is 5.91 Å². The van der Waals surface area contributed by atoms with Crippen molar-refractivity contribution in [1.29, 1.82) is 0 Å². The summed E-state index contributed by atoms with van der Waals surface area (Å²) in [4.78, 5) is 12.0. The van der Waals surface area contributed by atoms with E-state index in [1.165, 1.54) is 0 Å². The highest BCUT2D eigenvalue weighted by atomic mass is 16.5. The average molecular weight is 256 g/mol. The van der Waals surface area contributed by atoms with Gasteiger partial charge in [0.05, 0.1) is 18.5 Å². The number of anilines is 2. The number of ether oxygens (including phenoxy) is 1. The lowest BCUT2D eigenvalue weighted by Gasteiger charge is -2.12. The summed E-state index contributed by atoms with van der Waals surface area (Å²) >= 11 is 0. The molecule has 2 aromatic rings. The van der Waals surface area contributed by atoms with Crippen molar-refractivity contribution in [2.45, 2.75) is 6.92 Å². The summed E-state index contributed by atoms with van der Waals surface area (Å²) < 4.78 is 5.22. The molecule has 0 saturated heterocycles. The Hall–Kier alpha value is -2.49. The zero-order valence-corrected chi connectivity index (χ0v) is 10.9. The van der Waals surface area contributed by atoms with E-state index in [1.54, 1.807) is 31.4 Å². The molecular formula is C15H16N2O2. The molecule has 3 N–H and O–H groups in total. The van der Waals surface area contributed by atoms with Crippen molar-refractivity contribution in [2.24, 2.45) is 0 Å². The molecule has 0 aliphatic heterocycles. The third-order valence-corrected chi connectivity index (χ3v) is 2.85. The van der Waals surface area contributed by atoms with Gasteiger partial charge in [0.2, 0.25) is 0 Å². The van der Waals surface area contributed by atoms with Crippen LogP contribution in [0.15, 0.2) is 42.5 Å². The van der Waals surface area contributed by atoms with Crippen LogP contribution in [-0.2, 0) is 0 Å². The zero-order chi connectivity index (χ0) is 13.8. The first kappa shape index (κ1) is 13.0. The number of carbonyl (C=O) groups is 1. The van der Waals surface area contributed by atoms with Crippen molar-refractivity contribution in [1.82, 2.24) is 0 Å². The highest BCUT2D eigenvalue weighted by Gasteiger charge is 2.10. The molecule has 0 fully saturated rings. The lowest BCUT2D eigenvalue weighted by Crippen LogP contribution is -2.13. The highest BCUT2D eigenvalue weighted by molar-refractivity contribution is 6.05. The first-order valence-electron chi connectivity index (χ1n) is 5.92. The molecule has 0 radical (unpaired) electrons. The molecule has 4 heteroatoms. The molecular weight excluding hydrogens is 240 g/mol. The Morgan fingerprint density at radius 1 is 1.21 bits per heavy atom. The summed E-state index contributed by atoms with van der Waals surface area (Å²) in [5, 5.41) is 2.78. The Balaban J connectivity index is 2.26. The normalized spacial score (nSPS) is 10.0. The van der Waals surface area contributed by atoms with E-state index in [0.29, 0.717) is 22.7 Å². The van der Waals surface area contributed by atoms with Gasteiger partial charge in [-0.25, -0.2) is 0 Å². The summed E-state index contributed by atoms with van der Waals surface area (Å²) in [5.74, 6) is 0.496. The summed E-state index contributed by atoms with van der Waals surface area (Å²) in [5.41, 5.74) is 8.48. The second kappa shape index (κ2) is 5.44. The van der Waals surface area contributed by atoms with Crippen LogP contribution >= 0.6 is 0 Å². The number of hydrogen-bond acceptors (Lipinski definition) is 3. The number of carbonyl (C=O) groups excluding carboxylic acids is 1. The molecule has 0 saturated carbocycles. The minimum absolute atomic E-state index is 0.196. The topological polar surface area (TPSA) is 64.3 Å². The molecule has 0 heterocycles. The predicted octanol–water partition coefficient (Wildman–Crippen LogP) is 2.84. The molecule has 0 atom stereocenters. The first-order chi connectivity index (χ1) is 9.11. The third-order valence-electron chi connectivity index (χ3n) is 2.85. The van der Waals surface area contributed by atoms with Crippen LogP contribution in [0, 0.1) is 6.92 Å². The predicted molar refractivity (Wildman–Crippen MR) is 76.5 cm³/mol. The Bertz CT molecular complexity index is 595. The van der Waals surface area contributed by atoms with Crippen LogP contribution in [-0.4, -0.2) is 13.0 Å². The molecule has 2 aromatic carbocycles. The van der Waals surface area contributed by atoms with Crippen LogP contribution in [0.4, 0.5) is 11.4 Å². The van der Waals surface area contributed by atoms with Crippen LogP contribution in [0.1, 0.15) is 15.9 Å². The van der Waals surface area contributed by atoms with Gasteiger partial charge in [0.15, 0.2) is 0 Å². The van der Waals surface area contributed by atoms with Gasteiger partial charge in [-0.2, -0.15) is 0 Å². The second-order valence-corrected chi connectivity index (χ2v) is 4.23. The molecule has 0 aromatic heterocycles. The standard InChI is InChI=1S/C15H16N2O2/c1-10-8-12(16)13(9-14(10)19-2)17-15(18)11-6-4-3-5-7-11/h3-9H,16H2,1-2H3,(H,17,18). The van der Waals surface area contributed by atoms with Gasteiger partial charge in [-0.15, -0.1) is 0 Å². The Morgan fingerprint density at radius 2 is 1.89 bits per heavy atom. The number of amides is 1. The van der Waals surface area contributed by atoms with Gasteiger partial charge in [-0.3, -0.25) is 4.79 Å². The van der Waals surface area contributed by atoms with Gasteiger partial charge in [-0.1, -0.05) is 18.2 Å². The van der Waals surface area contributed by atoms with E-state index in [4.69, 9.17) is 10.5 Å². The maximum absolute atomic E-state index is 12.0. The van der Waals surface area contributed by atoms with Crippen molar-refractivity contribution in [3.63, 3.8) is 0 Å². The molecule has 98 valence electrons. The largest absolute Gasteiger partial charge is 0.496 e. The van der Waals surface area contributed by atoms with Crippen molar-refractivity contribution in [3.05, 3.63) is 53.6 Å². The van der Waals surface area contributed by atoms with Gasteiger partial charge in [0.25, 0.3) is 5.91 Å². The van der Waals surface area contributed by atoms with E-state index in [0.717, 1.165) is 5.56 Å². The third kappa shape index (κ3) is 2.85. The highest BCUT2D eigenvalue weighted by Crippen LogP contribution is 2.28. The zero-order valence-electron chi connectivity index (χ0n) is 10.9. The van der Waals surface area contributed by atoms with Crippen molar-refractivity contribution >= 4 is 17.3 Å². The van der Waals surface area contributed by atoms with E-state index in [2.05, 4.69) is 5.32 Å². The van der Waals surface area contributed by atoms with Gasteiger partial charge < -0.3 is 15.8 Å². The monoisotopic (exact) mass is 256 g/mol. The maximum atomic E-state index is 12.0. The second-order valence-electron chi connectivity index (χ2n) is 4.23. The Kier molecular flexibility index (Phi) is 3.71. The fourth-order valence-corrected chi connectivity index (χ4v) is 1.82. The number of rotatable bonds is 3. The summed E-state index contributed by atoms with van der Waals surface area (Å²) in [6, 6.07) is 12.5. The lowest BCUT2D eigenvalue weighted by molar-refractivity contribution is 0.102. The molecule has 2 rings (SSSR count). The summed E-state index contributed by atoms with van der Waals surface area (Å²) in [7, 11) is 1.58. The Labute approximate surface area is 112 Å². The number of hydrogen-bond donors (Lipinski definition) is 2. The quantitative estimate of drug-likeness (QED) is 0.830. The molecule has 1 amide bonds. The van der Waals surface area contributed by atoms with Gasteiger partial charge in [0.1, 0.15) is 5.75 Å². The van der Waals surface area contributed by atoms with E-state index in [9.17, 15) is 4.79 Å². The molecule has 0 bridgehead atoms. The first-order valence-corrected chi connectivity index (χ1v) is 5.92. The minimum atomic E-state index is -0.196. The fraction of sp³-hybridized carbons (Fsp3) is 0.133. The summed E-state index contributed by atoms with van der Waals surface area (Å²) in [6.07, 6.45) is 0. The maximum Gasteiger partial charge on any atom is 0.255 e. The SMILES string of the molecule is COc1cc(NC(=O)c2ccccc2)c(N)cc1C.